The number of hydrogen-bond donors (Lipinski definition) is 1. The van der Waals surface area contributed by atoms with Gasteiger partial charge in [-0.25, -0.2) is 0 Å². The van der Waals surface area contributed by atoms with Crippen molar-refractivity contribution in [3.8, 4) is 5.69 Å². The first kappa shape index (κ1) is 22.4. The monoisotopic (exact) mass is 487 g/mol. The zero-order valence-corrected chi connectivity index (χ0v) is 20.8. The third-order valence-corrected chi connectivity index (χ3v) is 7.27. The molecule has 8 heteroatoms. The van der Waals surface area contributed by atoms with Gasteiger partial charge in [-0.15, -0.1) is 0 Å². The van der Waals surface area contributed by atoms with Crippen LogP contribution >= 0.6 is 23.4 Å². The smallest absolute Gasteiger partial charge is 0.283 e. The number of hydrazone groups is 1. The van der Waals surface area contributed by atoms with Crippen molar-refractivity contribution in [3.63, 3.8) is 0 Å². The minimum atomic E-state index is -0.437. The van der Waals surface area contributed by atoms with Crippen molar-refractivity contribution in [2.24, 2.45) is 10.1 Å². The van der Waals surface area contributed by atoms with Crippen LogP contribution in [0.4, 0.5) is 0 Å². The van der Waals surface area contributed by atoms with Crippen LogP contribution < -0.4 is 0 Å². The maximum absolute atomic E-state index is 12.9. The van der Waals surface area contributed by atoms with Gasteiger partial charge < -0.3 is 4.57 Å². The maximum atomic E-state index is 12.9. The summed E-state index contributed by atoms with van der Waals surface area (Å²) in [4.78, 5) is 17.1. The Balaban J connectivity index is 1.51. The molecule has 0 saturated carbocycles. The molecule has 1 amide bonds. The van der Waals surface area contributed by atoms with Crippen LogP contribution in [0.15, 0.2) is 64.2 Å². The fourth-order valence-corrected chi connectivity index (χ4v) is 5.16. The summed E-state index contributed by atoms with van der Waals surface area (Å²) in [7, 11) is 0. The van der Waals surface area contributed by atoms with E-state index in [-0.39, 0.29) is 11.4 Å². The highest BCUT2D eigenvalue weighted by Gasteiger charge is 2.36. The van der Waals surface area contributed by atoms with Gasteiger partial charge in [-0.05, 0) is 80.9 Å². The van der Waals surface area contributed by atoms with E-state index in [4.69, 9.17) is 17.0 Å². The number of rotatable bonds is 3. The molecule has 6 nitrogen and oxygen atoms in total. The largest absolute Gasteiger partial charge is 0.318 e. The molecule has 34 heavy (non-hydrogen) atoms. The van der Waals surface area contributed by atoms with Gasteiger partial charge in [0.05, 0.1) is 5.57 Å². The molecule has 3 aromatic rings. The molecule has 5 rings (SSSR count). The van der Waals surface area contributed by atoms with Gasteiger partial charge in [0, 0.05) is 27.7 Å². The summed E-state index contributed by atoms with van der Waals surface area (Å²) in [5.41, 5.74) is 7.01. The minimum Gasteiger partial charge on any atom is -0.318 e. The van der Waals surface area contributed by atoms with Gasteiger partial charge in [0.25, 0.3) is 5.91 Å². The normalized spacial score (nSPS) is 16.7. The number of hydrogen-bond acceptors (Lipinski definition) is 4. The number of aryl methyl sites for hydroxylation is 3. The first-order valence-electron chi connectivity index (χ1n) is 10.8. The second kappa shape index (κ2) is 8.42. The molecular formula is C26H22ClN5OS. The van der Waals surface area contributed by atoms with Crippen LogP contribution in [0.3, 0.4) is 0 Å². The lowest BCUT2D eigenvalue weighted by molar-refractivity contribution is -0.114. The van der Waals surface area contributed by atoms with Crippen molar-refractivity contribution in [1.82, 2.24) is 9.58 Å². The molecule has 0 saturated heterocycles. The summed E-state index contributed by atoms with van der Waals surface area (Å²) in [6.07, 6.45) is 1.73. The molecule has 3 heterocycles. The molecule has 0 unspecified atom stereocenters. The average molecular weight is 488 g/mol. The van der Waals surface area contributed by atoms with E-state index < -0.39 is 5.91 Å². The van der Waals surface area contributed by atoms with Gasteiger partial charge in [0.15, 0.2) is 5.84 Å². The molecule has 0 bridgehead atoms. The molecule has 1 aromatic heterocycles. The predicted molar refractivity (Wildman–Crippen MR) is 140 cm³/mol. The fraction of sp³-hybridized carbons (Fsp3) is 0.154. The molecule has 2 aliphatic heterocycles. The van der Waals surface area contributed by atoms with Gasteiger partial charge in [-0.1, -0.05) is 41.4 Å². The lowest BCUT2D eigenvalue weighted by Crippen LogP contribution is -2.35. The van der Waals surface area contributed by atoms with Crippen LogP contribution in [0.25, 0.3) is 11.8 Å². The third-order valence-electron chi connectivity index (χ3n) is 5.90. The highest BCUT2D eigenvalue weighted by atomic mass is 35.5. The van der Waals surface area contributed by atoms with E-state index >= 15 is 0 Å². The number of thioether (sulfide) groups is 1. The number of benzene rings is 2. The Morgan fingerprint density at radius 3 is 2.59 bits per heavy atom. The first-order chi connectivity index (χ1) is 16.2. The second-order valence-corrected chi connectivity index (χ2v) is 9.75. The lowest BCUT2D eigenvalue weighted by Gasteiger charge is -2.20. The second-order valence-electron chi connectivity index (χ2n) is 8.39. The summed E-state index contributed by atoms with van der Waals surface area (Å²) in [6.45, 7) is 7.97. The molecule has 2 aliphatic rings. The summed E-state index contributed by atoms with van der Waals surface area (Å²) in [5.74, 6) is -0.416. The van der Waals surface area contributed by atoms with E-state index in [0.717, 1.165) is 44.4 Å². The van der Waals surface area contributed by atoms with Crippen LogP contribution in [0, 0.1) is 33.1 Å². The highest BCUT2D eigenvalue weighted by molar-refractivity contribution is 8.27. The molecule has 0 spiro atoms. The first-order valence-corrected chi connectivity index (χ1v) is 11.9. The third kappa shape index (κ3) is 3.81. The van der Waals surface area contributed by atoms with E-state index in [9.17, 15) is 4.79 Å². The molecule has 0 fully saturated rings. The van der Waals surface area contributed by atoms with Gasteiger partial charge in [-0.2, -0.15) is 15.1 Å². The van der Waals surface area contributed by atoms with Crippen molar-refractivity contribution in [2.45, 2.75) is 27.7 Å². The minimum absolute atomic E-state index is 0.0216. The highest BCUT2D eigenvalue weighted by Crippen LogP contribution is 2.32. The number of halogens is 1. The van der Waals surface area contributed by atoms with Crippen LogP contribution in [0.2, 0.25) is 5.02 Å². The van der Waals surface area contributed by atoms with Crippen molar-refractivity contribution >= 4 is 51.4 Å². The van der Waals surface area contributed by atoms with E-state index in [0.29, 0.717) is 10.2 Å². The molecule has 0 radical (unpaired) electrons. The maximum Gasteiger partial charge on any atom is 0.283 e. The van der Waals surface area contributed by atoms with Crippen molar-refractivity contribution in [2.75, 3.05) is 0 Å². The predicted octanol–water partition coefficient (Wildman–Crippen LogP) is 6.03. The summed E-state index contributed by atoms with van der Waals surface area (Å²) < 4.78 is 2.09. The Bertz CT molecular complexity index is 1480. The Morgan fingerprint density at radius 1 is 1.06 bits per heavy atom. The van der Waals surface area contributed by atoms with Gasteiger partial charge in [-0.3, -0.25) is 10.2 Å². The van der Waals surface area contributed by atoms with E-state index in [2.05, 4.69) is 14.7 Å². The number of fused-ring (bicyclic) bond motifs is 1. The fourth-order valence-electron chi connectivity index (χ4n) is 4.09. The Kier molecular flexibility index (Phi) is 5.54. The SMILES string of the molecule is Cc1cccc(C2=NN3C(=N)C(=Cc4cc(C)n(-c5ccc(C)c(Cl)c5)c4C)C(=O)N=C3S2)c1. The Morgan fingerprint density at radius 2 is 1.85 bits per heavy atom. The van der Waals surface area contributed by atoms with E-state index in [1.807, 2.05) is 76.2 Å². The van der Waals surface area contributed by atoms with Crippen molar-refractivity contribution < 1.29 is 4.79 Å². The van der Waals surface area contributed by atoms with Crippen molar-refractivity contribution in [3.05, 3.63) is 92.8 Å². The number of nitrogens with one attached hydrogen (secondary N) is 1. The van der Waals surface area contributed by atoms with Crippen LogP contribution in [0.5, 0.6) is 0 Å². The van der Waals surface area contributed by atoms with Gasteiger partial charge >= 0.3 is 0 Å². The van der Waals surface area contributed by atoms with Crippen LogP contribution in [-0.4, -0.2) is 31.5 Å². The molecule has 170 valence electrons. The zero-order valence-electron chi connectivity index (χ0n) is 19.2. The summed E-state index contributed by atoms with van der Waals surface area (Å²) in [5, 5.41) is 16.6. The average Bonchev–Trinajstić information content (AvgIpc) is 3.34. The van der Waals surface area contributed by atoms with Crippen LogP contribution in [0.1, 0.15) is 33.6 Å². The number of aromatic nitrogens is 1. The molecular weight excluding hydrogens is 466 g/mol. The van der Waals surface area contributed by atoms with Gasteiger partial charge in [0.2, 0.25) is 5.17 Å². The Labute approximate surface area is 207 Å². The number of nitrogens with zero attached hydrogens (tertiary/aromatic N) is 4. The van der Waals surface area contributed by atoms with E-state index in [1.54, 1.807) is 6.08 Å². The van der Waals surface area contributed by atoms with Gasteiger partial charge in [0.1, 0.15) is 5.04 Å². The number of carbonyl (C=O) groups is 1. The molecule has 2 aromatic carbocycles. The van der Waals surface area contributed by atoms with Crippen LogP contribution in [-0.2, 0) is 4.79 Å². The topological polar surface area (TPSA) is 73.8 Å². The summed E-state index contributed by atoms with van der Waals surface area (Å²) >= 11 is 7.65. The number of aliphatic imine (C=N–C) groups is 1. The summed E-state index contributed by atoms with van der Waals surface area (Å²) in [6, 6.07) is 15.9. The quantitative estimate of drug-likeness (QED) is 0.458. The number of amidine groups is 2. The van der Waals surface area contributed by atoms with Crippen molar-refractivity contribution in [1.29, 1.82) is 5.41 Å². The number of amides is 1. The molecule has 0 atom stereocenters. The molecule has 0 aliphatic carbocycles. The number of carbonyl (C=O) groups excluding carboxylic acids is 1. The zero-order chi connectivity index (χ0) is 24.1. The van der Waals surface area contributed by atoms with E-state index in [1.165, 1.54) is 16.8 Å². The molecule has 1 N–H and O–H groups in total. The Hall–Kier alpha value is -3.42. The lowest BCUT2D eigenvalue weighted by atomic mass is 10.1. The standard InChI is InChI=1S/C26H22ClN5OS/c1-14-6-5-7-18(10-14)25-30-32-23(28)21(24(33)29-26(32)34-25)12-19-11-16(3)31(17(19)4)20-9-8-15(2)22(27)13-20/h5-13,28H,1-4H3.